The van der Waals surface area contributed by atoms with Crippen molar-refractivity contribution < 1.29 is 19.1 Å². The first-order valence-corrected chi connectivity index (χ1v) is 9.67. The molecule has 0 radical (unpaired) electrons. The second kappa shape index (κ2) is 9.36. The van der Waals surface area contributed by atoms with Gasteiger partial charge in [-0.3, -0.25) is 9.59 Å². The Balaban J connectivity index is 1.80. The van der Waals surface area contributed by atoms with Gasteiger partial charge >= 0.3 is 0 Å². The summed E-state index contributed by atoms with van der Waals surface area (Å²) in [6, 6.07) is 8.77. The van der Waals surface area contributed by atoms with E-state index in [9.17, 15) is 9.59 Å². The van der Waals surface area contributed by atoms with Crippen molar-refractivity contribution in [3.8, 4) is 17.4 Å². The number of hydrogen-bond donors (Lipinski definition) is 1. The normalized spacial score (nSPS) is 16.2. The van der Waals surface area contributed by atoms with Crippen molar-refractivity contribution in [3.05, 3.63) is 41.9 Å². The minimum atomic E-state index is -0.233. The van der Waals surface area contributed by atoms with Crippen LogP contribution in [0.5, 0.6) is 17.4 Å². The molecule has 2 amide bonds. The number of nitrogens with one attached hydrogen (secondary N) is 1. The Morgan fingerprint density at radius 3 is 2.59 bits per heavy atom. The van der Waals surface area contributed by atoms with Gasteiger partial charge in [0.25, 0.3) is 0 Å². The highest BCUT2D eigenvalue weighted by Gasteiger charge is 2.30. The van der Waals surface area contributed by atoms with E-state index in [0.717, 1.165) is 30.7 Å². The summed E-state index contributed by atoms with van der Waals surface area (Å²) in [7, 11) is 1.61. The summed E-state index contributed by atoms with van der Waals surface area (Å²) in [6.45, 7) is 3.87. The Hall–Kier alpha value is -3.16. The Labute approximate surface area is 170 Å². The molecule has 1 aromatic carbocycles. The fourth-order valence-electron chi connectivity index (χ4n) is 3.33. The lowest BCUT2D eigenvalue weighted by Crippen LogP contribution is -2.44. The molecule has 154 valence electrons. The summed E-state index contributed by atoms with van der Waals surface area (Å²) in [6.07, 6.45) is 2.68. The molecule has 1 aliphatic heterocycles. The Morgan fingerprint density at radius 1 is 1.17 bits per heavy atom. The molecular weight excluding hydrogens is 372 g/mol. The van der Waals surface area contributed by atoms with E-state index in [-0.39, 0.29) is 24.4 Å². The van der Waals surface area contributed by atoms with Crippen molar-refractivity contribution in [2.24, 2.45) is 0 Å². The second-order valence-electron chi connectivity index (χ2n) is 6.99. The standard InChI is InChI=1S/C21H26N4O4/c1-14-12-19(29-17-9-7-16(28-3)8-10-17)24-21(23-14)18-6-4-5-11-25(18)20(27)13-22-15(2)26/h7-10,12,18H,4-6,11,13H2,1-3H3,(H,22,26)/t18-/m1/s1. The number of methoxy groups -OCH3 is 1. The van der Waals surface area contributed by atoms with Gasteiger partial charge in [-0.2, -0.15) is 4.98 Å². The molecular formula is C21H26N4O4. The monoisotopic (exact) mass is 398 g/mol. The molecule has 1 aromatic heterocycles. The summed E-state index contributed by atoms with van der Waals surface area (Å²) < 4.78 is 11.1. The molecule has 8 heteroatoms. The van der Waals surface area contributed by atoms with Gasteiger partial charge in [-0.1, -0.05) is 0 Å². The zero-order chi connectivity index (χ0) is 20.8. The molecule has 0 unspecified atom stereocenters. The van der Waals surface area contributed by atoms with Crippen molar-refractivity contribution in [1.29, 1.82) is 0 Å². The van der Waals surface area contributed by atoms with Gasteiger partial charge in [-0.25, -0.2) is 4.98 Å². The topological polar surface area (TPSA) is 93.7 Å². The summed E-state index contributed by atoms with van der Waals surface area (Å²) in [5, 5.41) is 2.57. The second-order valence-corrected chi connectivity index (χ2v) is 6.99. The molecule has 8 nitrogen and oxygen atoms in total. The van der Waals surface area contributed by atoms with E-state index in [2.05, 4.69) is 15.3 Å². The number of carbonyl (C=O) groups excluding carboxylic acids is 2. The number of hydrogen-bond acceptors (Lipinski definition) is 6. The van der Waals surface area contributed by atoms with Crippen molar-refractivity contribution >= 4 is 11.8 Å². The Bertz CT molecular complexity index is 869. The van der Waals surface area contributed by atoms with Crippen LogP contribution in [0.1, 0.15) is 43.7 Å². The number of aromatic nitrogens is 2. The SMILES string of the molecule is COc1ccc(Oc2cc(C)nc([C@H]3CCCCN3C(=O)CNC(C)=O)n2)cc1. The van der Waals surface area contributed by atoms with Crippen LogP contribution in [0.4, 0.5) is 0 Å². The van der Waals surface area contributed by atoms with Crippen molar-refractivity contribution in [2.45, 2.75) is 39.2 Å². The number of rotatable bonds is 6. The molecule has 0 aliphatic carbocycles. The quantitative estimate of drug-likeness (QED) is 0.804. The molecule has 1 saturated heterocycles. The van der Waals surface area contributed by atoms with Crippen LogP contribution in [-0.4, -0.2) is 46.9 Å². The van der Waals surface area contributed by atoms with Crippen molar-refractivity contribution in [1.82, 2.24) is 20.2 Å². The molecule has 1 fully saturated rings. The van der Waals surface area contributed by atoms with Gasteiger partial charge < -0.3 is 19.7 Å². The van der Waals surface area contributed by atoms with Crippen LogP contribution < -0.4 is 14.8 Å². The molecule has 1 atom stereocenters. The zero-order valence-electron chi connectivity index (χ0n) is 17.0. The molecule has 1 aliphatic rings. The van der Waals surface area contributed by atoms with Gasteiger partial charge in [0.05, 0.1) is 19.7 Å². The number of piperidine rings is 1. The first-order valence-electron chi connectivity index (χ1n) is 9.67. The molecule has 0 saturated carbocycles. The van der Waals surface area contributed by atoms with Gasteiger partial charge in [-0.15, -0.1) is 0 Å². The number of amides is 2. The third kappa shape index (κ3) is 5.43. The summed E-state index contributed by atoms with van der Waals surface area (Å²) in [5.41, 5.74) is 0.762. The summed E-state index contributed by atoms with van der Waals surface area (Å²) in [4.78, 5) is 34.7. The van der Waals surface area contributed by atoms with Crippen LogP contribution in [0.25, 0.3) is 0 Å². The smallest absolute Gasteiger partial charge is 0.242 e. The minimum absolute atomic E-state index is 0.0210. The van der Waals surface area contributed by atoms with Crippen LogP contribution in [-0.2, 0) is 9.59 Å². The molecule has 1 N–H and O–H groups in total. The van der Waals surface area contributed by atoms with Crippen LogP contribution in [0, 0.1) is 6.92 Å². The highest BCUT2D eigenvalue weighted by molar-refractivity contribution is 5.84. The van der Waals surface area contributed by atoms with Gasteiger partial charge in [0.2, 0.25) is 17.7 Å². The van der Waals surface area contributed by atoms with E-state index in [1.165, 1.54) is 6.92 Å². The predicted octanol–water partition coefficient (Wildman–Crippen LogP) is 2.78. The highest BCUT2D eigenvalue weighted by atomic mass is 16.5. The number of aryl methyl sites for hydroxylation is 1. The average Bonchev–Trinajstić information content (AvgIpc) is 2.72. The van der Waals surface area contributed by atoms with Crippen LogP contribution in [0.2, 0.25) is 0 Å². The molecule has 2 heterocycles. The number of ether oxygens (including phenoxy) is 2. The average molecular weight is 398 g/mol. The third-order valence-corrected chi connectivity index (χ3v) is 4.74. The number of benzene rings is 1. The Morgan fingerprint density at radius 2 is 1.90 bits per heavy atom. The lowest BCUT2D eigenvalue weighted by molar-refractivity contribution is -0.136. The van der Waals surface area contributed by atoms with Gasteiger partial charge in [0, 0.05) is 25.2 Å². The van der Waals surface area contributed by atoms with E-state index in [4.69, 9.17) is 9.47 Å². The van der Waals surface area contributed by atoms with Gasteiger partial charge in [-0.05, 0) is 50.5 Å². The predicted molar refractivity (Wildman–Crippen MR) is 107 cm³/mol. The van der Waals surface area contributed by atoms with Crippen LogP contribution in [0.3, 0.4) is 0 Å². The Kier molecular flexibility index (Phi) is 6.64. The summed E-state index contributed by atoms with van der Waals surface area (Å²) >= 11 is 0. The first-order chi connectivity index (χ1) is 14.0. The zero-order valence-corrected chi connectivity index (χ0v) is 17.0. The van der Waals surface area contributed by atoms with E-state index >= 15 is 0 Å². The number of likely N-dealkylation sites (tertiary alicyclic amines) is 1. The first kappa shape index (κ1) is 20.6. The maximum absolute atomic E-state index is 12.6. The van der Waals surface area contributed by atoms with Crippen LogP contribution >= 0.6 is 0 Å². The van der Waals surface area contributed by atoms with Crippen molar-refractivity contribution in [2.75, 3.05) is 20.2 Å². The highest BCUT2D eigenvalue weighted by Crippen LogP contribution is 2.31. The lowest BCUT2D eigenvalue weighted by Gasteiger charge is -2.35. The van der Waals surface area contributed by atoms with Gasteiger partial charge in [0.1, 0.15) is 11.5 Å². The third-order valence-electron chi connectivity index (χ3n) is 4.74. The van der Waals surface area contributed by atoms with E-state index in [1.807, 2.05) is 19.1 Å². The maximum Gasteiger partial charge on any atom is 0.242 e. The number of nitrogens with zero attached hydrogens (tertiary/aromatic N) is 3. The number of carbonyl (C=O) groups is 2. The maximum atomic E-state index is 12.6. The van der Waals surface area contributed by atoms with Crippen molar-refractivity contribution in [3.63, 3.8) is 0 Å². The molecule has 0 bridgehead atoms. The van der Waals surface area contributed by atoms with Gasteiger partial charge in [0.15, 0.2) is 5.82 Å². The summed E-state index contributed by atoms with van der Waals surface area (Å²) in [5.74, 6) is 2.01. The van der Waals surface area contributed by atoms with E-state index in [1.54, 1.807) is 30.2 Å². The molecule has 3 rings (SSSR count). The largest absolute Gasteiger partial charge is 0.497 e. The van der Waals surface area contributed by atoms with E-state index in [0.29, 0.717) is 24.0 Å². The van der Waals surface area contributed by atoms with Crippen LogP contribution in [0.15, 0.2) is 30.3 Å². The molecule has 0 spiro atoms. The molecule has 29 heavy (non-hydrogen) atoms. The van der Waals surface area contributed by atoms with E-state index < -0.39 is 0 Å². The minimum Gasteiger partial charge on any atom is -0.497 e. The lowest BCUT2D eigenvalue weighted by atomic mass is 10.0. The molecule has 2 aromatic rings. The fourth-order valence-corrected chi connectivity index (χ4v) is 3.33. The fraction of sp³-hybridized carbons (Fsp3) is 0.429.